The highest BCUT2D eigenvalue weighted by Crippen LogP contribution is 2.45. The van der Waals surface area contributed by atoms with Gasteiger partial charge in [0.15, 0.2) is 12.2 Å². The fourth-order valence-electron chi connectivity index (χ4n) is 10.3. The quantitative estimate of drug-likeness (QED) is 0.0222. The Morgan fingerprint density at radius 1 is 0.310 bits per heavy atom. The number of aliphatic hydroxyl groups is 1. The molecule has 3 N–H and O–H groups in total. The second-order valence-corrected chi connectivity index (χ2v) is 27.9. The van der Waals surface area contributed by atoms with E-state index in [1.807, 2.05) is 0 Å². The summed E-state index contributed by atoms with van der Waals surface area (Å²) in [6.07, 6.45) is 47.2. The zero-order valence-electron chi connectivity index (χ0n) is 56.2. The highest BCUT2D eigenvalue weighted by atomic mass is 31.2. The average Bonchev–Trinajstić information content (AvgIpc) is 3.69. The molecule has 0 saturated carbocycles. The molecule has 0 bridgehead atoms. The molecule has 516 valence electrons. The van der Waals surface area contributed by atoms with Crippen LogP contribution in [-0.4, -0.2) is 96.7 Å². The van der Waals surface area contributed by atoms with E-state index in [4.69, 9.17) is 37.0 Å². The number of carbonyl (C=O) groups excluding carboxylic acids is 4. The molecule has 0 radical (unpaired) electrons. The Morgan fingerprint density at radius 2 is 0.529 bits per heavy atom. The Bertz CT molecular complexity index is 1690. The first-order valence-electron chi connectivity index (χ1n) is 35.6. The fourth-order valence-corrected chi connectivity index (χ4v) is 11.9. The van der Waals surface area contributed by atoms with Gasteiger partial charge < -0.3 is 33.8 Å². The number of esters is 4. The molecule has 0 aliphatic rings. The number of phosphoric acid groups is 2. The lowest BCUT2D eigenvalue weighted by Gasteiger charge is -2.21. The number of phosphoric ester groups is 2. The SMILES string of the molecule is CCCCCCCCCCCCCC(=O)OC[C@H](COP(=O)(O)OC[C@@H](O)COP(=O)(O)OC[C@@H](COC(=O)CCCCCCCCC)OC(=O)CCCCCCCCCCCCC)OC(=O)CCCCCCCCCCCCCCCCCC(C)C. The van der Waals surface area contributed by atoms with Gasteiger partial charge in [-0.05, 0) is 31.6 Å². The second-order valence-electron chi connectivity index (χ2n) is 25.0. The van der Waals surface area contributed by atoms with Crippen molar-refractivity contribution in [2.24, 2.45) is 5.92 Å². The normalized spacial score (nSPS) is 14.1. The van der Waals surface area contributed by atoms with Crippen LogP contribution in [0.3, 0.4) is 0 Å². The Hall–Kier alpha value is -1.94. The summed E-state index contributed by atoms with van der Waals surface area (Å²) in [6, 6.07) is 0. The number of hydrogen-bond acceptors (Lipinski definition) is 15. The van der Waals surface area contributed by atoms with Gasteiger partial charge in [0.25, 0.3) is 0 Å². The Morgan fingerprint density at radius 3 is 0.782 bits per heavy atom. The minimum Gasteiger partial charge on any atom is -0.462 e. The van der Waals surface area contributed by atoms with E-state index in [0.717, 1.165) is 109 Å². The van der Waals surface area contributed by atoms with Gasteiger partial charge in [-0.3, -0.25) is 37.3 Å². The van der Waals surface area contributed by atoms with Gasteiger partial charge >= 0.3 is 39.5 Å². The van der Waals surface area contributed by atoms with E-state index in [9.17, 15) is 43.2 Å². The molecule has 0 aliphatic heterocycles. The third kappa shape index (κ3) is 62.6. The Kier molecular flexibility index (Phi) is 60.2. The molecule has 0 amide bonds. The van der Waals surface area contributed by atoms with Gasteiger partial charge in [-0.1, -0.05) is 298 Å². The van der Waals surface area contributed by atoms with Crippen LogP contribution in [0.2, 0.25) is 0 Å². The molecule has 0 spiro atoms. The minimum atomic E-state index is -4.95. The Balaban J connectivity index is 5.17. The monoisotopic (exact) mass is 1280 g/mol. The summed E-state index contributed by atoms with van der Waals surface area (Å²) in [6.45, 7) is 7.21. The molecule has 0 aromatic carbocycles. The molecule has 19 heteroatoms. The molecule has 0 fully saturated rings. The summed E-state index contributed by atoms with van der Waals surface area (Å²) >= 11 is 0. The van der Waals surface area contributed by atoms with Crippen molar-refractivity contribution in [3.63, 3.8) is 0 Å². The summed E-state index contributed by atoms with van der Waals surface area (Å²) in [5.74, 6) is -1.33. The van der Waals surface area contributed by atoms with E-state index in [1.54, 1.807) is 0 Å². The fraction of sp³-hybridized carbons (Fsp3) is 0.941. The van der Waals surface area contributed by atoms with Crippen LogP contribution in [0.1, 0.15) is 349 Å². The summed E-state index contributed by atoms with van der Waals surface area (Å²) < 4.78 is 68.1. The molecule has 0 heterocycles. The number of ether oxygens (including phenoxy) is 4. The van der Waals surface area contributed by atoms with Crippen molar-refractivity contribution in [3.8, 4) is 0 Å². The van der Waals surface area contributed by atoms with E-state index >= 15 is 0 Å². The summed E-state index contributed by atoms with van der Waals surface area (Å²) in [5.41, 5.74) is 0. The van der Waals surface area contributed by atoms with Gasteiger partial charge in [0.05, 0.1) is 26.4 Å². The predicted octanol–water partition coefficient (Wildman–Crippen LogP) is 19.4. The van der Waals surface area contributed by atoms with Crippen molar-refractivity contribution < 1.29 is 80.2 Å². The van der Waals surface area contributed by atoms with Crippen LogP contribution < -0.4 is 0 Å². The molecule has 17 nitrogen and oxygen atoms in total. The van der Waals surface area contributed by atoms with Crippen LogP contribution in [0.5, 0.6) is 0 Å². The van der Waals surface area contributed by atoms with E-state index < -0.39 is 97.5 Å². The lowest BCUT2D eigenvalue weighted by molar-refractivity contribution is -0.161. The number of unbranched alkanes of at least 4 members (excludes halogenated alkanes) is 40. The van der Waals surface area contributed by atoms with Gasteiger partial charge in [-0.25, -0.2) is 9.13 Å². The van der Waals surface area contributed by atoms with Crippen molar-refractivity contribution >= 4 is 39.5 Å². The van der Waals surface area contributed by atoms with Gasteiger partial charge in [-0.2, -0.15) is 0 Å². The molecular formula is C68H132O17P2. The van der Waals surface area contributed by atoms with E-state index in [0.29, 0.717) is 25.7 Å². The summed E-state index contributed by atoms with van der Waals surface area (Å²) in [7, 11) is -9.89. The lowest BCUT2D eigenvalue weighted by Crippen LogP contribution is -2.30. The molecule has 0 rings (SSSR count). The highest BCUT2D eigenvalue weighted by Gasteiger charge is 2.30. The van der Waals surface area contributed by atoms with Crippen LogP contribution in [0.15, 0.2) is 0 Å². The van der Waals surface area contributed by atoms with Crippen LogP contribution in [0.25, 0.3) is 0 Å². The molecule has 0 aliphatic carbocycles. The number of hydrogen-bond donors (Lipinski definition) is 3. The minimum absolute atomic E-state index is 0.107. The van der Waals surface area contributed by atoms with Gasteiger partial charge in [-0.15, -0.1) is 0 Å². The van der Waals surface area contributed by atoms with Crippen LogP contribution in [-0.2, 0) is 65.4 Å². The summed E-state index contributed by atoms with van der Waals surface area (Å²) in [5, 5.41) is 10.6. The second kappa shape index (κ2) is 61.6. The van der Waals surface area contributed by atoms with Crippen molar-refractivity contribution in [1.29, 1.82) is 0 Å². The van der Waals surface area contributed by atoms with Crippen LogP contribution in [0.4, 0.5) is 0 Å². The number of carbonyl (C=O) groups is 4. The molecule has 0 aromatic heterocycles. The number of rotatable bonds is 68. The highest BCUT2D eigenvalue weighted by molar-refractivity contribution is 7.47. The zero-order valence-corrected chi connectivity index (χ0v) is 57.9. The maximum absolute atomic E-state index is 13.0. The van der Waals surface area contributed by atoms with Crippen molar-refractivity contribution in [1.82, 2.24) is 0 Å². The first kappa shape index (κ1) is 85.1. The maximum Gasteiger partial charge on any atom is 0.472 e. The summed E-state index contributed by atoms with van der Waals surface area (Å²) in [4.78, 5) is 72.3. The molecule has 87 heavy (non-hydrogen) atoms. The van der Waals surface area contributed by atoms with Gasteiger partial charge in [0.2, 0.25) is 0 Å². The third-order valence-electron chi connectivity index (χ3n) is 15.8. The third-order valence-corrected chi connectivity index (χ3v) is 17.7. The first-order chi connectivity index (χ1) is 42.0. The topological polar surface area (TPSA) is 237 Å². The molecule has 2 unspecified atom stereocenters. The van der Waals surface area contributed by atoms with Crippen molar-refractivity contribution in [3.05, 3.63) is 0 Å². The first-order valence-corrected chi connectivity index (χ1v) is 38.6. The van der Waals surface area contributed by atoms with Gasteiger partial charge in [0.1, 0.15) is 19.3 Å². The maximum atomic E-state index is 13.0. The standard InChI is InChI=1S/C68H132O17P2/c1-6-9-12-15-18-20-27-32-37-42-47-52-66(71)79-58-64(85-68(73)54-49-44-39-34-30-26-24-22-23-25-29-31-36-40-45-50-61(4)5)60-83-87(76,77)81-56-62(69)55-80-86(74,75)82-59-63(57-78-65(70)51-46-41-35-17-14-11-8-3)84-67(72)53-48-43-38-33-28-21-19-16-13-10-7-2/h61-64,69H,6-60H2,1-5H3,(H,74,75)(H,76,77)/t62-,63+,64+/m0/s1. The lowest BCUT2D eigenvalue weighted by atomic mass is 10.0. The molecular weight excluding hydrogens is 1150 g/mol. The number of aliphatic hydroxyl groups excluding tert-OH is 1. The largest absolute Gasteiger partial charge is 0.472 e. The van der Waals surface area contributed by atoms with Crippen molar-refractivity contribution in [2.75, 3.05) is 39.6 Å². The molecule has 0 saturated heterocycles. The van der Waals surface area contributed by atoms with Gasteiger partial charge in [0, 0.05) is 25.7 Å². The Labute approximate surface area is 530 Å². The van der Waals surface area contributed by atoms with Crippen LogP contribution in [0, 0.1) is 5.92 Å². The van der Waals surface area contributed by atoms with Crippen LogP contribution >= 0.6 is 15.6 Å². The molecule has 5 atom stereocenters. The molecule has 0 aromatic rings. The average molecular weight is 1280 g/mol. The van der Waals surface area contributed by atoms with E-state index in [1.165, 1.54) is 161 Å². The van der Waals surface area contributed by atoms with E-state index in [-0.39, 0.29) is 25.7 Å². The predicted molar refractivity (Wildman–Crippen MR) is 349 cm³/mol. The van der Waals surface area contributed by atoms with E-state index in [2.05, 4.69) is 34.6 Å². The zero-order chi connectivity index (χ0) is 64.2. The van der Waals surface area contributed by atoms with Crippen molar-refractivity contribution in [2.45, 2.75) is 368 Å². The smallest absolute Gasteiger partial charge is 0.462 e.